The highest BCUT2D eigenvalue weighted by molar-refractivity contribution is 5.91. The second-order valence-corrected chi connectivity index (χ2v) is 6.00. The van der Waals surface area contributed by atoms with Crippen LogP contribution in [0, 0.1) is 11.3 Å². The molecule has 0 spiro atoms. The van der Waals surface area contributed by atoms with Crippen LogP contribution in [0.25, 0.3) is 6.08 Å². The lowest BCUT2D eigenvalue weighted by molar-refractivity contribution is -0.152. The third-order valence-corrected chi connectivity index (χ3v) is 4.24. The van der Waals surface area contributed by atoms with Crippen LogP contribution in [-0.4, -0.2) is 35.0 Å². The summed E-state index contributed by atoms with van der Waals surface area (Å²) in [7, 11) is 0. The lowest BCUT2D eigenvalue weighted by atomic mass is 9.74. The number of carboxylic acids is 1. The topological polar surface area (TPSA) is 70.8 Å². The van der Waals surface area contributed by atoms with Gasteiger partial charge in [-0.25, -0.2) is 0 Å². The molecule has 1 atom stereocenters. The van der Waals surface area contributed by atoms with Crippen molar-refractivity contribution in [3.8, 4) is 0 Å². The zero-order valence-corrected chi connectivity index (χ0v) is 12.4. The van der Waals surface area contributed by atoms with Crippen LogP contribution >= 0.6 is 0 Å². The van der Waals surface area contributed by atoms with Gasteiger partial charge in [0.15, 0.2) is 0 Å². The summed E-state index contributed by atoms with van der Waals surface area (Å²) in [5, 5.41) is 9.32. The van der Waals surface area contributed by atoms with Crippen molar-refractivity contribution in [2.45, 2.75) is 26.7 Å². The largest absolute Gasteiger partial charge is 0.481 e. The zero-order chi connectivity index (χ0) is 15.5. The number of carboxylic acid groups (broad SMARTS) is 1. The quantitative estimate of drug-likeness (QED) is 0.866. The summed E-state index contributed by atoms with van der Waals surface area (Å²) < 4.78 is 5.14. The van der Waals surface area contributed by atoms with E-state index in [-0.39, 0.29) is 11.8 Å². The minimum atomic E-state index is -0.816. The maximum Gasteiger partial charge on any atom is 0.309 e. The number of hydrogen-bond donors (Lipinski definition) is 1. The van der Waals surface area contributed by atoms with E-state index in [1.54, 1.807) is 43.2 Å². The molecule has 0 radical (unpaired) electrons. The SMILES string of the molecule is CC(C)(C(=O)O)C1CCCN(C(=O)/C=C/c2ccco2)C1. The average Bonchev–Trinajstić information content (AvgIpc) is 2.98. The van der Waals surface area contributed by atoms with Gasteiger partial charge < -0.3 is 14.4 Å². The molecule has 0 bridgehead atoms. The predicted molar refractivity (Wildman–Crippen MR) is 78.5 cm³/mol. The second-order valence-electron chi connectivity index (χ2n) is 6.00. The van der Waals surface area contributed by atoms with E-state index in [9.17, 15) is 14.7 Å². The van der Waals surface area contributed by atoms with E-state index in [1.807, 2.05) is 0 Å². The lowest BCUT2D eigenvalue weighted by Crippen LogP contribution is -2.46. The zero-order valence-electron chi connectivity index (χ0n) is 12.4. The molecule has 1 N–H and O–H groups in total. The van der Waals surface area contributed by atoms with E-state index >= 15 is 0 Å². The minimum Gasteiger partial charge on any atom is -0.481 e. The van der Waals surface area contributed by atoms with E-state index < -0.39 is 11.4 Å². The maximum absolute atomic E-state index is 12.2. The molecule has 0 aliphatic carbocycles. The van der Waals surface area contributed by atoms with E-state index in [0.717, 1.165) is 12.8 Å². The van der Waals surface area contributed by atoms with E-state index in [0.29, 0.717) is 18.8 Å². The fourth-order valence-electron chi connectivity index (χ4n) is 2.59. The van der Waals surface area contributed by atoms with Crippen LogP contribution in [0.3, 0.4) is 0 Å². The first kappa shape index (κ1) is 15.4. The van der Waals surface area contributed by atoms with Crippen molar-refractivity contribution in [1.29, 1.82) is 0 Å². The van der Waals surface area contributed by atoms with Crippen LogP contribution in [0.4, 0.5) is 0 Å². The molecule has 1 fully saturated rings. The van der Waals surface area contributed by atoms with Gasteiger partial charge in [-0.05, 0) is 50.8 Å². The van der Waals surface area contributed by atoms with Gasteiger partial charge in [-0.3, -0.25) is 9.59 Å². The molecule has 0 aromatic carbocycles. The summed E-state index contributed by atoms with van der Waals surface area (Å²) in [6.45, 7) is 4.62. The van der Waals surface area contributed by atoms with Gasteiger partial charge in [-0.2, -0.15) is 0 Å². The number of nitrogens with zero attached hydrogens (tertiary/aromatic N) is 1. The van der Waals surface area contributed by atoms with Gasteiger partial charge in [0.25, 0.3) is 0 Å². The number of hydrogen-bond acceptors (Lipinski definition) is 3. The Bertz CT molecular complexity index is 530. The maximum atomic E-state index is 12.2. The van der Waals surface area contributed by atoms with Crippen LogP contribution < -0.4 is 0 Å². The van der Waals surface area contributed by atoms with Crippen LogP contribution in [-0.2, 0) is 9.59 Å². The molecule has 1 aliphatic rings. The first-order valence-corrected chi connectivity index (χ1v) is 7.15. The molecule has 2 rings (SSSR count). The Labute approximate surface area is 124 Å². The molecule has 1 unspecified atom stereocenters. The molecule has 1 aliphatic heterocycles. The van der Waals surface area contributed by atoms with E-state index in [4.69, 9.17) is 4.42 Å². The van der Waals surface area contributed by atoms with Gasteiger partial charge >= 0.3 is 5.97 Å². The molecule has 1 amide bonds. The molecule has 1 saturated heterocycles. The summed E-state index contributed by atoms with van der Waals surface area (Å²) in [5.41, 5.74) is -0.816. The van der Waals surface area contributed by atoms with Crippen LogP contribution in [0.2, 0.25) is 0 Å². The molecule has 0 saturated carbocycles. The average molecular weight is 291 g/mol. The number of carbonyl (C=O) groups is 2. The lowest BCUT2D eigenvalue weighted by Gasteiger charge is -2.38. The second kappa shape index (κ2) is 6.16. The smallest absolute Gasteiger partial charge is 0.309 e. The molecule has 5 heteroatoms. The highest BCUT2D eigenvalue weighted by Crippen LogP contribution is 2.34. The Morgan fingerprint density at radius 3 is 2.86 bits per heavy atom. The van der Waals surface area contributed by atoms with E-state index in [1.165, 1.54) is 6.08 Å². The molecule has 1 aromatic heterocycles. The van der Waals surface area contributed by atoms with Gasteiger partial charge in [-0.1, -0.05) is 0 Å². The van der Waals surface area contributed by atoms with Crippen molar-refractivity contribution < 1.29 is 19.1 Å². The van der Waals surface area contributed by atoms with E-state index in [2.05, 4.69) is 0 Å². The Morgan fingerprint density at radius 2 is 2.24 bits per heavy atom. The van der Waals surface area contributed by atoms with Crippen molar-refractivity contribution in [1.82, 2.24) is 4.90 Å². The molecular weight excluding hydrogens is 270 g/mol. The number of carbonyl (C=O) groups excluding carboxylic acids is 1. The first-order chi connectivity index (χ1) is 9.91. The van der Waals surface area contributed by atoms with Gasteiger partial charge in [0.2, 0.25) is 5.91 Å². The molecule has 5 nitrogen and oxygen atoms in total. The van der Waals surface area contributed by atoms with Crippen molar-refractivity contribution >= 4 is 18.0 Å². The number of rotatable bonds is 4. The van der Waals surface area contributed by atoms with Gasteiger partial charge in [0, 0.05) is 19.2 Å². The number of amides is 1. The molecular formula is C16H21NO4. The fraction of sp³-hybridized carbons (Fsp3) is 0.500. The predicted octanol–water partition coefficient (Wildman–Crippen LogP) is 2.64. The Balaban J connectivity index is 2.00. The Morgan fingerprint density at radius 1 is 1.48 bits per heavy atom. The standard InChI is InChI=1S/C16H21NO4/c1-16(2,15(19)20)12-5-3-9-17(11-12)14(18)8-7-13-6-4-10-21-13/h4,6-8,10,12H,3,5,9,11H2,1-2H3,(H,19,20)/b8-7+. The first-order valence-electron chi connectivity index (χ1n) is 7.15. The third kappa shape index (κ3) is 3.54. The number of piperidine rings is 1. The van der Waals surface area contributed by atoms with Crippen LogP contribution in [0.5, 0.6) is 0 Å². The third-order valence-electron chi connectivity index (χ3n) is 4.24. The highest BCUT2D eigenvalue weighted by Gasteiger charge is 2.39. The summed E-state index contributed by atoms with van der Waals surface area (Å²) in [4.78, 5) is 25.3. The normalized spacial score (nSPS) is 19.9. The number of aliphatic carboxylic acids is 1. The van der Waals surface area contributed by atoms with Crippen molar-refractivity contribution in [2.24, 2.45) is 11.3 Å². The van der Waals surface area contributed by atoms with Crippen molar-refractivity contribution in [2.75, 3.05) is 13.1 Å². The van der Waals surface area contributed by atoms with Gasteiger partial charge in [-0.15, -0.1) is 0 Å². The highest BCUT2D eigenvalue weighted by atomic mass is 16.4. The summed E-state index contributed by atoms with van der Waals surface area (Å²) in [6.07, 6.45) is 6.34. The van der Waals surface area contributed by atoms with Crippen LogP contribution in [0.1, 0.15) is 32.4 Å². The number of furan rings is 1. The van der Waals surface area contributed by atoms with Crippen LogP contribution in [0.15, 0.2) is 28.9 Å². The summed E-state index contributed by atoms with van der Waals surface area (Å²) in [5.74, 6) is -0.308. The van der Waals surface area contributed by atoms with Crippen molar-refractivity contribution in [3.63, 3.8) is 0 Å². The summed E-state index contributed by atoms with van der Waals surface area (Å²) in [6, 6.07) is 3.53. The van der Waals surface area contributed by atoms with Gasteiger partial charge in [0.1, 0.15) is 5.76 Å². The fourth-order valence-corrected chi connectivity index (χ4v) is 2.59. The molecule has 1 aromatic rings. The summed E-state index contributed by atoms with van der Waals surface area (Å²) >= 11 is 0. The van der Waals surface area contributed by atoms with Gasteiger partial charge in [0.05, 0.1) is 11.7 Å². The Kier molecular flexibility index (Phi) is 4.50. The van der Waals surface area contributed by atoms with Crippen molar-refractivity contribution in [3.05, 3.63) is 30.2 Å². The molecule has 21 heavy (non-hydrogen) atoms. The molecule has 2 heterocycles. The molecule has 114 valence electrons. The number of likely N-dealkylation sites (tertiary alicyclic amines) is 1. The minimum absolute atomic E-state index is 0.0234. The monoisotopic (exact) mass is 291 g/mol. The Hall–Kier alpha value is -2.04.